The molecule has 0 aliphatic carbocycles. The Labute approximate surface area is 116 Å². The van der Waals surface area contributed by atoms with Gasteiger partial charge in [-0.2, -0.15) is 0 Å². The van der Waals surface area contributed by atoms with Crippen LogP contribution in [0.3, 0.4) is 0 Å². The van der Waals surface area contributed by atoms with Gasteiger partial charge in [-0.3, -0.25) is 4.79 Å². The van der Waals surface area contributed by atoms with Gasteiger partial charge in [0, 0.05) is 18.3 Å². The molecule has 2 N–H and O–H groups in total. The Morgan fingerprint density at radius 3 is 2.80 bits per heavy atom. The van der Waals surface area contributed by atoms with Crippen LogP contribution in [-0.4, -0.2) is 34.6 Å². The van der Waals surface area contributed by atoms with E-state index in [-0.39, 0.29) is 12.1 Å². The maximum absolute atomic E-state index is 13.0. The second-order valence-corrected chi connectivity index (χ2v) is 5.04. The average Bonchev–Trinajstić information content (AvgIpc) is 2.38. The van der Waals surface area contributed by atoms with Crippen molar-refractivity contribution < 1.29 is 19.1 Å². The Morgan fingerprint density at radius 2 is 2.20 bits per heavy atom. The maximum Gasteiger partial charge on any atom is 0.322 e. The molecule has 2 amide bonds. The molecule has 1 aliphatic rings. The fourth-order valence-corrected chi connectivity index (χ4v) is 2.46. The van der Waals surface area contributed by atoms with Gasteiger partial charge in [-0.15, -0.1) is 0 Å². The molecule has 108 valence electrons. The third-order valence-electron chi connectivity index (χ3n) is 3.56. The largest absolute Gasteiger partial charge is 0.481 e. The smallest absolute Gasteiger partial charge is 0.322 e. The van der Waals surface area contributed by atoms with E-state index in [0.717, 1.165) is 0 Å². The Kier molecular flexibility index (Phi) is 4.22. The number of carboxylic acid groups (broad SMARTS) is 1. The number of urea groups is 1. The van der Waals surface area contributed by atoms with Crippen LogP contribution in [0.2, 0.25) is 0 Å². The minimum absolute atomic E-state index is 0.154. The van der Waals surface area contributed by atoms with Gasteiger partial charge in [-0.25, -0.2) is 9.18 Å². The van der Waals surface area contributed by atoms with Crippen molar-refractivity contribution in [3.05, 3.63) is 30.1 Å². The molecular formula is C14H17FN2O3. The molecule has 0 bridgehead atoms. The number of amides is 2. The molecule has 1 aromatic carbocycles. The number of halogens is 1. The highest BCUT2D eigenvalue weighted by atomic mass is 19.1. The second kappa shape index (κ2) is 5.90. The summed E-state index contributed by atoms with van der Waals surface area (Å²) in [6, 6.07) is 5.19. The van der Waals surface area contributed by atoms with Gasteiger partial charge in [-0.05, 0) is 38.0 Å². The van der Waals surface area contributed by atoms with E-state index in [1.54, 1.807) is 11.0 Å². The number of benzene rings is 1. The quantitative estimate of drug-likeness (QED) is 0.874. The van der Waals surface area contributed by atoms with E-state index in [4.69, 9.17) is 5.11 Å². The molecule has 20 heavy (non-hydrogen) atoms. The minimum Gasteiger partial charge on any atom is -0.481 e. The Morgan fingerprint density at radius 1 is 1.45 bits per heavy atom. The van der Waals surface area contributed by atoms with Crippen LogP contribution in [0.4, 0.5) is 14.9 Å². The van der Waals surface area contributed by atoms with Crippen LogP contribution in [0.15, 0.2) is 24.3 Å². The molecule has 5 nitrogen and oxygen atoms in total. The molecule has 1 saturated heterocycles. The summed E-state index contributed by atoms with van der Waals surface area (Å²) in [5.74, 6) is -1.63. The summed E-state index contributed by atoms with van der Waals surface area (Å²) in [5, 5.41) is 11.6. The average molecular weight is 280 g/mol. The number of likely N-dealkylation sites (tertiary alicyclic amines) is 1. The van der Waals surface area contributed by atoms with Gasteiger partial charge in [0.15, 0.2) is 0 Å². The topological polar surface area (TPSA) is 69.6 Å². The fraction of sp³-hybridized carbons (Fsp3) is 0.429. The summed E-state index contributed by atoms with van der Waals surface area (Å²) in [4.78, 5) is 24.6. The van der Waals surface area contributed by atoms with E-state index in [1.807, 2.05) is 6.92 Å². The zero-order valence-electron chi connectivity index (χ0n) is 11.2. The van der Waals surface area contributed by atoms with Crippen molar-refractivity contribution in [2.45, 2.75) is 25.8 Å². The molecule has 2 atom stereocenters. The van der Waals surface area contributed by atoms with E-state index < -0.39 is 17.7 Å². The number of piperidine rings is 1. The molecule has 1 heterocycles. The molecule has 6 heteroatoms. The zero-order chi connectivity index (χ0) is 14.7. The van der Waals surface area contributed by atoms with E-state index in [1.165, 1.54) is 18.2 Å². The molecule has 1 aromatic rings. The van der Waals surface area contributed by atoms with E-state index >= 15 is 0 Å². The van der Waals surface area contributed by atoms with Crippen LogP contribution in [0.1, 0.15) is 19.8 Å². The van der Waals surface area contributed by atoms with Crippen LogP contribution in [0.5, 0.6) is 0 Å². The molecule has 0 radical (unpaired) electrons. The maximum atomic E-state index is 13.0. The predicted molar refractivity (Wildman–Crippen MR) is 71.9 cm³/mol. The number of rotatable bonds is 2. The number of hydrogen-bond donors (Lipinski definition) is 2. The Bertz CT molecular complexity index is 521. The summed E-state index contributed by atoms with van der Waals surface area (Å²) < 4.78 is 13.0. The van der Waals surface area contributed by atoms with Gasteiger partial charge in [0.05, 0.1) is 5.92 Å². The molecule has 1 aliphatic heterocycles. The van der Waals surface area contributed by atoms with Crippen LogP contribution in [0.25, 0.3) is 0 Å². The van der Waals surface area contributed by atoms with Crippen LogP contribution < -0.4 is 5.32 Å². The van der Waals surface area contributed by atoms with Crippen LogP contribution in [0, 0.1) is 11.7 Å². The molecule has 0 aromatic heterocycles. The van der Waals surface area contributed by atoms with E-state index in [2.05, 4.69) is 5.32 Å². The van der Waals surface area contributed by atoms with E-state index in [9.17, 15) is 14.0 Å². The summed E-state index contributed by atoms with van der Waals surface area (Å²) in [5.41, 5.74) is 0.391. The molecule has 2 unspecified atom stereocenters. The first kappa shape index (κ1) is 14.3. The summed E-state index contributed by atoms with van der Waals surface area (Å²) in [6.07, 6.45) is 0.877. The lowest BCUT2D eigenvalue weighted by Gasteiger charge is -2.36. The predicted octanol–water partition coefficient (Wildman–Crippen LogP) is 2.54. The van der Waals surface area contributed by atoms with Gasteiger partial charge in [-0.1, -0.05) is 6.07 Å². The standard InChI is InChI=1S/C14H17FN2O3/c1-9-7-10(13(18)19)5-6-17(9)14(20)16-12-4-2-3-11(15)8-12/h2-4,8-10H,5-7H2,1H3,(H,16,20)(H,18,19). The number of anilines is 1. The van der Waals surface area contributed by atoms with Gasteiger partial charge >= 0.3 is 12.0 Å². The highest BCUT2D eigenvalue weighted by Crippen LogP contribution is 2.23. The summed E-state index contributed by atoms with van der Waals surface area (Å²) in [6.45, 7) is 2.21. The lowest BCUT2D eigenvalue weighted by Crippen LogP contribution is -2.47. The number of aliphatic carboxylic acids is 1. The Hall–Kier alpha value is -2.11. The highest BCUT2D eigenvalue weighted by molar-refractivity contribution is 5.89. The molecular weight excluding hydrogens is 263 g/mol. The van der Waals surface area contributed by atoms with Crippen molar-refractivity contribution >= 4 is 17.7 Å². The van der Waals surface area contributed by atoms with Crippen molar-refractivity contribution in [1.29, 1.82) is 0 Å². The lowest BCUT2D eigenvalue weighted by atomic mass is 9.92. The van der Waals surface area contributed by atoms with Crippen LogP contribution >= 0.6 is 0 Å². The van der Waals surface area contributed by atoms with Crippen molar-refractivity contribution in [1.82, 2.24) is 4.90 Å². The van der Waals surface area contributed by atoms with Gasteiger partial charge in [0.2, 0.25) is 0 Å². The van der Waals surface area contributed by atoms with E-state index in [0.29, 0.717) is 25.1 Å². The van der Waals surface area contributed by atoms with Crippen molar-refractivity contribution in [3.63, 3.8) is 0 Å². The number of nitrogens with one attached hydrogen (secondary N) is 1. The molecule has 2 rings (SSSR count). The lowest BCUT2D eigenvalue weighted by molar-refractivity contribution is -0.143. The minimum atomic E-state index is -0.818. The Balaban J connectivity index is 1.98. The first-order chi connectivity index (χ1) is 9.47. The second-order valence-electron chi connectivity index (χ2n) is 5.04. The molecule has 1 fully saturated rings. The third kappa shape index (κ3) is 3.26. The van der Waals surface area contributed by atoms with Crippen molar-refractivity contribution in [3.8, 4) is 0 Å². The van der Waals surface area contributed by atoms with Crippen molar-refractivity contribution in [2.75, 3.05) is 11.9 Å². The SMILES string of the molecule is CC1CC(C(=O)O)CCN1C(=O)Nc1cccc(F)c1. The molecule has 0 spiro atoms. The molecule has 0 saturated carbocycles. The van der Waals surface area contributed by atoms with Gasteiger partial charge < -0.3 is 15.3 Å². The zero-order valence-corrected chi connectivity index (χ0v) is 11.2. The summed E-state index contributed by atoms with van der Waals surface area (Å²) in [7, 11) is 0. The third-order valence-corrected chi connectivity index (χ3v) is 3.56. The summed E-state index contributed by atoms with van der Waals surface area (Å²) >= 11 is 0. The number of carbonyl (C=O) groups excluding carboxylic acids is 1. The number of carbonyl (C=O) groups is 2. The first-order valence-electron chi connectivity index (χ1n) is 6.53. The fourth-order valence-electron chi connectivity index (χ4n) is 2.46. The normalized spacial score (nSPS) is 22.4. The van der Waals surface area contributed by atoms with Gasteiger partial charge in [0.1, 0.15) is 5.82 Å². The number of carboxylic acids is 1. The highest BCUT2D eigenvalue weighted by Gasteiger charge is 2.32. The number of nitrogens with zero attached hydrogens (tertiary/aromatic N) is 1. The van der Waals surface area contributed by atoms with Crippen molar-refractivity contribution in [2.24, 2.45) is 5.92 Å². The van der Waals surface area contributed by atoms with Gasteiger partial charge in [0.25, 0.3) is 0 Å². The first-order valence-corrected chi connectivity index (χ1v) is 6.53. The monoisotopic (exact) mass is 280 g/mol. The number of hydrogen-bond acceptors (Lipinski definition) is 2. The van der Waals surface area contributed by atoms with Crippen LogP contribution in [-0.2, 0) is 4.79 Å².